The Bertz CT molecular complexity index is 1730. The van der Waals surface area contributed by atoms with Gasteiger partial charge in [-0.3, -0.25) is 28.0 Å². The number of fused-ring (bicyclic) bond motifs is 2. The Morgan fingerprint density at radius 1 is 1.02 bits per heavy atom. The van der Waals surface area contributed by atoms with E-state index < -0.39 is 75.7 Å². The van der Waals surface area contributed by atoms with Gasteiger partial charge in [0.1, 0.15) is 42.4 Å². The molecule has 0 aromatic carbocycles. The fourth-order valence-electron chi connectivity index (χ4n) is 4.81. The molecule has 20 nitrogen and oxygen atoms in total. The van der Waals surface area contributed by atoms with Crippen LogP contribution in [-0.2, 0) is 23.1 Å². The Labute approximate surface area is 232 Å². The van der Waals surface area contributed by atoms with Gasteiger partial charge in [0.05, 0.1) is 25.9 Å². The lowest BCUT2D eigenvalue weighted by Gasteiger charge is -2.24. The molecule has 6 heterocycles. The zero-order valence-electron chi connectivity index (χ0n) is 21.1. The van der Waals surface area contributed by atoms with E-state index >= 15 is 4.39 Å². The van der Waals surface area contributed by atoms with Gasteiger partial charge >= 0.3 is 7.82 Å². The van der Waals surface area contributed by atoms with Crippen LogP contribution in [0.2, 0.25) is 0 Å². The van der Waals surface area contributed by atoms with Crippen molar-refractivity contribution >= 4 is 41.9 Å². The average molecular weight is 614 g/mol. The van der Waals surface area contributed by atoms with Crippen LogP contribution in [0.3, 0.4) is 0 Å². The topological polar surface area (TPSA) is 294 Å². The van der Waals surface area contributed by atoms with Gasteiger partial charge in [-0.15, -0.1) is 0 Å². The quantitative estimate of drug-likeness (QED) is 0.101. The highest BCUT2D eigenvalue weighted by atomic mass is 31.2. The monoisotopic (exact) mass is 614 g/mol. The number of H-pyrrole nitrogens is 1. The highest BCUT2D eigenvalue weighted by Crippen LogP contribution is 2.50. The number of aliphatic hydroxyl groups excluding tert-OH is 3. The molecule has 2 saturated heterocycles. The van der Waals surface area contributed by atoms with Gasteiger partial charge in [-0.05, 0) is 0 Å². The molecule has 0 bridgehead atoms. The number of aromatic amines is 1. The van der Waals surface area contributed by atoms with Crippen LogP contribution in [0.4, 0.5) is 16.2 Å². The molecule has 6 rings (SSSR count). The number of phosphoric acid groups is 1. The molecule has 42 heavy (non-hydrogen) atoms. The maximum atomic E-state index is 15.2. The number of halogens is 1. The summed E-state index contributed by atoms with van der Waals surface area (Å²) in [5, 5.41) is 30.7. The van der Waals surface area contributed by atoms with E-state index in [2.05, 4.69) is 29.9 Å². The number of anilines is 2. The van der Waals surface area contributed by atoms with Gasteiger partial charge < -0.3 is 41.2 Å². The second kappa shape index (κ2) is 10.6. The molecule has 2 fully saturated rings. The van der Waals surface area contributed by atoms with Crippen molar-refractivity contribution in [3.63, 3.8) is 0 Å². The number of hydrogen-bond acceptors (Lipinski definition) is 16. The molecule has 4 aromatic heterocycles. The number of hydrogen-bond donors (Lipinski definition) is 7. The molecule has 0 spiro atoms. The van der Waals surface area contributed by atoms with Crippen molar-refractivity contribution in [1.29, 1.82) is 0 Å². The van der Waals surface area contributed by atoms with Crippen LogP contribution < -0.4 is 17.0 Å². The first-order valence-corrected chi connectivity index (χ1v) is 13.7. The molecule has 2 aliphatic heterocycles. The van der Waals surface area contributed by atoms with Crippen molar-refractivity contribution in [1.82, 2.24) is 39.0 Å². The third-order valence-electron chi connectivity index (χ3n) is 6.82. The Morgan fingerprint density at radius 3 is 2.45 bits per heavy atom. The van der Waals surface area contributed by atoms with Crippen molar-refractivity contribution in [3.8, 4) is 0 Å². The summed E-state index contributed by atoms with van der Waals surface area (Å²) < 4.78 is 51.8. The van der Waals surface area contributed by atoms with Crippen LogP contribution in [0.25, 0.3) is 22.3 Å². The zero-order chi connectivity index (χ0) is 29.9. The molecule has 0 aliphatic carbocycles. The maximum Gasteiger partial charge on any atom is 0.472 e. The summed E-state index contributed by atoms with van der Waals surface area (Å²) in [5.41, 5.74) is 10.8. The number of rotatable bonds is 8. The summed E-state index contributed by atoms with van der Waals surface area (Å²) in [5.74, 6) is -0.213. The summed E-state index contributed by atoms with van der Waals surface area (Å²) in [4.78, 5) is 44.7. The van der Waals surface area contributed by atoms with Crippen molar-refractivity contribution in [3.05, 3.63) is 29.3 Å². The zero-order valence-corrected chi connectivity index (χ0v) is 22.0. The number of ether oxygens (including phenoxy) is 2. The van der Waals surface area contributed by atoms with E-state index in [1.54, 1.807) is 0 Å². The first-order valence-electron chi connectivity index (χ1n) is 12.2. The number of nitrogen functional groups attached to an aromatic ring is 2. The lowest BCUT2D eigenvalue weighted by Crippen LogP contribution is -2.34. The van der Waals surface area contributed by atoms with Crippen LogP contribution in [0.1, 0.15) is 12.5 Å². The molecule has 0 saturated carbocycles. The number of phosphoric ester groups is 1. The predicted octanol–water partition coefficient (Wildman–Crippen LogP) is -2.53. The summed E-state index contributed by atoms with van der Waals surface area (Å²) in [6, 6.07) is 0. The van der Waals surface area contributed by atoms with E-state index in [1.807, 2.05) is 0 Å². The van der Waals surface area contributed by atoms with Gasteiger partial charge in [0.2, 0.25) is 5.95 Å². The van der Waals surface area contributed by atoms with E-state index in [-0.39, 0.29) is 34.1 Å². The van der Waals surface area contributed by atoms with Crippen LogP contribution in [0.5, 0.6) is 0 Å². The second-order valence-electron chi connectivity index (χ2n) is 9.43. The average Bonchev–Trinajstić information content (AvgIpc) is 3.69. The van der Waals surface area contributed by atoms with Gasteiger partial charge in [-0.2, -0.15) is 4.98 Å². The number of alkyl halides is 1. The lowest BCUT2D eigenvalue weighted by molar-refractivity contribution is -0.0615. The summed E-state index contributed by atoms with van der Waals surface area (Å²) in [6.07, 6.45) is -9.30. The normalized spacial score (nSPS) is 31.3. The van der Waals surface area contributed by atoms with Gasteiger partial charge in [-0.1, -0.05) is 0 Å². The fourth-order valence-corrected chi connectivity index (χ4v) is 5.74. The van der Waals surface area contributed by atoms with E-state index in [0.717, 1.165) is 10.9 Å². The van der Waals surface area contributed by atoms with Crippen LogP contribution >= 0.6 is 7.82 Å². The van der Waals surface area contributed by atoms with Gasteiger partial charge in [0.15, 0.2) is 41.3 Å². The minimum Gasteiger partial charge on any atom is -0.394 e. The van der Waals surface area contributed by atoms with Gasteiger partial charge in [0, 0.05) is 0 Å². The van der Waals surface area contributed by atoms with Crippen LogP contribution in [-0.4, -0.2) is 109 Å². The second-order valence-corrected chi connectivity index (χ2v) is 10.8. The predicted molar refractivity (Wildman–Crippen MR) is 135 cm³/mol. The molecule has 226 valence electrons. The molecule has 0 amide bonds. The molecule has 1 unspecified atom stereocenters. The van der Waals surface area contributed by atoms with Gasteiger partial charge in [0.25, 0.3) is 5.56 Å². The molecule has 22 heteroatoms. The minimum atomic E-state index is -5.14. The first kappa shape index (κ1) is 28.5. The smallest absolute Gasteiger partial charge is 0.394 e. The fraction of sp³-hybridized carbons (Fsp3) is 0.500. The summed E-state index contributed by atoms with van der Waals surface area (Å²) in [7, 11) is -5.14. The Hall–Kier alpha value is -3.66. The van der Waals surface area contributed by atoms with Crippen molar-refractivity contribution < 1.29 is 47.7 Å². The third-order valence-corrected chi connectivity index (χ3v) is 7.81. The minimum absolute atomic E-state index is 0.0728. The first-order chi connectivity index (χ1) is 20.0. The van der Waals surface area contributed by atoms with Crippen LogP contribution in [0.15, 0.2) is 23.8 Å². The number of imidazole rings is 2. The van der Waals surface area contributed by atoms with Crippen molar-refractivity contribution in [2.45, 2.75) is 49.1 Å². The Morgan fingerprint density at radius 2 is 1.71 bits per heavy atom. The molecule has 2 aliphatic rings. The Balaban J connectivity index is 1.19. The largest absolute Gasteiger partial charge is 0.472 e. The number of nitrogens with one attached hydrogen (secondary N) is 1. The number of aromatic nitrogens is 8. The molecule has 4 aromatic rings. The molecule has 9 N–H and O–H groups in total. The SMILES string of the molecule is Nc1nc2c(ncn2[C@@H]2O[C@H](CO)[C@H](F)[C@H]2OP(=O)(O)OC[C@H]2O[C@@H](n3cnc4c(N)ncnc43)[C@H](O)[C@@H]2O)c(=O)[nH]1. The number of nitrogens with two attached hydrogens (primary N) is 2. The summed E-state index contributed by atoms with van der Waals surface area (Å²) >= 11 is 0. The van der Waals surface area contributed by atoms with E-state index in [4.69, 9.17) is 30.0 Å². The van der Waals surface area contributed by atoms with E-state index in [1.165, 1.54) is 17.2 Å². The van der Waals surface area contributed by atoms with E-state index in [9.17, 15) is 29.6 Å². The molecular weight excluding hydrogens is 590 g/mol. The highest BCUT2D eigenvalue weighted by Gasteiger charge is 2.51. The third kappa shape index (κ3) is 4.79. The standard InChI is InChI=1S/C20H24FN10O10P/c21-8-6(1-32)39-19(31-5-27-10-16(31)28-20(23)29-17(10)35)13(8)41-42(36,37)38-2-7-11(33)12(34)18(40-7)30-4-26-9-14(22)24-3-25-15(9)30/h3-8,11-13,18-19,32-34H,1-2H2,(H,36,37)(H2,22,24,25)(H3,23,28,29,35)/t6-,7-,8+,11-,12-,13-,18-,19-/m1/s1. The molecule has 0 radical (unpaired) electrons. The molecule has 9 atom stereocenters. The Kier molecular flexibility index (Phi) is 7.15. The van der Waals surface area contributed by atoms with Crippen molar-refractivity contribution in [2.75, 3.05) is 24.7 Å². The van der Waals surface area contributed by atoms with Crippen molar-refractivity contribution in [2.24, 2.45) is 0 Å². The van der Waals surface area contributed by atoms with E-state index in [0.29, 0.717) is 0 Å². The number of aliphatic hydroxyl groups is 3. The molecular formula is C20H24FN10O10P. The highest BCUT2D eigenvalue weighted by molar-refractivity contribution is 7.47. The van der Waals surface area contributed by atoms with Gasteiger partial charge in [-0.25, -0.2) is 28.9 Å². The van der Waals surface area contributed by atoms with Crippen LogP contribution in [0, 0.1) is 0 Å². The maximum absolute atomic E-state index is 15.2. The number of nitrogens with zero attached hydrogens (tertiary/aromatic N) is 7. The lowest BCUT2D eigenvalue weighted by atomic mass is 10.1. The summed E-state index contributed by atoms with van der Waals surface area (Å²) in [6.45, 7) is -1.61.